The maximum absolute atomic E-state index is 11.4. The van der Waals surface area contributed by atoms with Crippen molar-refractivity contribution in [1.29, 1.82) is 0 Å². The van der Waals surface area contributed by atoms with E-state index in [1.807, 2.05) is 17.5 Å². The molecule has 2 aliphatic carbocycles. The van der Waals surface area contributed by atoms with Crippen LogP contribution in [0.2, 0.25) is 0 Å². The monoisotopic (exact) mass is 451 g/mol. The summed E-state index contributed by atoms with van der Waals surface area (Å²) in [5.41, 5.74) is 5.66. The summed E-state index contributed by atoms with van der Waals surface area (Å²) in [4.78, 5) is 15.7. The lowest BCUT2D eigenvalue weighted by atomic mass is 9.63. The second-order valence-corrected chi connectivity index (χ2v) is 11.3. The zero-order valence-electron chi connectivity index (χ0n) is 19.5. The Bertz CT molecular complexity index is 1050. The lowest BCUT2D eigenvalue weighted by molar-refractivity contribution is -0.137. The van der Waals surface area contributed by atoms with Gasteiger partial charge in [0.1, 0.15) is 11.6 Å². The van der Waals surface area contributed by atoms with Crippen molar-refractivity contribution in [3.63, 3.8) is 0 Å². The first kappa shape index (κ1) is 22.8. The number of nitrogens with zero attached hydrogens (tertiary/aromatic N) is 1. The number of benzene rings is 1. The molecule has 0 fully saturated rings. The molecule has 0 bridgehead atoms. The quantitative estimate of drug-likeness (QED) is 0.499. The van der Waals surface area contributed by atoms with E-state index in [0.717, 1.165) is 29.2 Å². The zero-order valence-corrected chi connectivity index (χ0v) is 20.3. The highest BCUT2D eigenvalue weighted by Crippen LogP contribution is 2.46. The van der Waals surface area contributed by atoms with Crippen molar-refractivity contribution in [2.45, 2.75) is 83.2 Å². The molecule has 2 aliphatic rings. The summed E-state index contributed by atoms with van der Waals surface area (Å²) < 4.78 is 6.17. The summed E-state index contributed by atoms with van der Waals surface area (Å²) in [6.45, 7) is 9.94. The fourth-order valence-corrected chi connectivity index (χ4v) is 5.69. The van der Waals surface area contributed by atoms with Gasteiger partial charge < -0.3 is 9.84 Å². The van der Waals surface area contributed by atoms with Crippen molar-refractivity contribution in [3.05, 3.63) is 75.0 Å². The van der Waals surface area contributed by atoms with E-state index in [9.17, 15) is 9.90 Å². The molecule has 0 saturated carbocycles. The van der Waals surface area contributed by atoms with Crippen molar-refractivity contribution in [3.8, 4) is 0 Å². The molecule has 4 rings (SSSR count). The van der Waals surface area contributed by atoms with Crippen LogP contribution < -0.4 is 0 Å². The van der Waals surface area contributed by atoms with Crippen LogP contribution in [0, 0.1) is 0 Å². The number of aliphatic carboxylic acids is 1. The maximum atomic E-state index is 11.4. The molecule has 1 heterocycles. The highest BCUT2D eigenvalue weighted by molar-refractivity contribution is 7.09. The number of fused-ring (bicyclic) bond motifs is 1. The second-order valence-electron chi connectivity index (χ2n) is 10.3. The highest BCUT2D eigenvalue weighted by Gasteiger charge is 2.37. The smallest absolute Gasteiger partial charge is 0.304 e. The predicted molar refractivity (Wildman–Crippen MR) is 129 cm³/mol. The first-order valence-corrected chi connectivity index (χ1v) is 12.3. The molecule has 1 atom stereocenters. The Labute approximate surface area is 195 Å². The van der Waals surface area contributed by atoms with Gasteiger partial charge in [-0.25, -0.2) is 4.98 Å². The van der Waals surface area contributed by atoms with Gasteiger partial charge in [-0.3, -0.25) is 4.79 Å². The van der Waals surface area contributed by atoms with E-state index in [1.165, 1.54) is 40.9 Å². The zero-order chi connectivity index (χ0) is 22.9. The van der Waals surface area contributed by atoms with Gasteiger partial charge in [0.2, 0.25) is 0 Å². The number of hydrogen-bond acceptors (Lipinski definition) is 4. The van der Waals surface area contributed by atoms with Crippen LogP contribution in [0.3, 0.4) is 0 Å². The molecule has 1 aromatic heterocycles. The number of carboxylic acids is 1. The Balaban J connectivity index is 1.47. The largest absolute Gasteiger partial charge is 0.493 e. The van der Waals surface area contributed by atoms with Crippen molar-refractivity contribution in [2.75, 3.05) is 0 Å². The second kappa shape index (κ2) is 8.86. The molecule has 0 radical (unpaired) electrons. The number of rotatable bonds is 7. The molecule has 1 N–H and O–H groups in total. The lowest BCUT2D eigenvalue weighted by Crippen LogP contribution is -2.33. The Kier molecular flexibility index (Phi) is 6.30. The summed E-state index contributed by atoms with van der Waals surface area (Å²) in [5, 5.41) is 12.1. The minimum atomic E-state index is -0.796. The molecule has 4 nitrogen and oxygen atoms in total. The van der Waals surface area contributed by atoms with Crippen molar-refractivity contribution >= 4 is 17.3 Å². The van der Waals surface area contributed by atoms with Crippen molar-refractivity contribution in [1.82, 2.24) is 4.98 Å². The van der Waals surface area contributed by atoms with Crippen LogP contribution in [0.4, 0.5) is 0 Å². The summed E-state index contributed by atoms with van der Waals surface area (Å²) in [6, 6.07) is 6.84. The first-order valence-electron chi connectivity index (χ1n) is 11.4. The number of hydrogen-bond donors (Lipinski definition) is 1. The van der Waals surface area contributed by atoms with Gasteiger partial charge >= 0.3 is 5.97 Å². The standard InChI is InChI=1S/C27H33NO3S/c1-26(2)11-12-27(3,4)23-15-18(5-10-22(23)26)17-31-20-8-6-19(7-9-20)21(16-24(29)30)25-28-13-14-32-25/h5-6,8,10,13-15,21H,7,9,11-12,16-17H2,1-4H3,(H,29,30)/t21-/m1/s1. The summed E-state index contributed by atoms with van der Waals surface area (Å²) >= 11 is 1.52. The SMILES string of the molecule is CC1(C)CCC(C)(C)c2cc(COC3=CC=C([C@@H](CC(=O)O)c4nccs4)CC3)ccc21. The minimum absolute atomic E-state index is 0.0740. The first-order chi connectivity index (χ1) is 15.2. The van der Waals surface area contributed by atoms with E-state index in [4.69, 9.17) is 4.74 Å². The van der Waals surface area contributed by atoms with E-state index in [1.54, 1.807) is 6.20 Å². The fourth-order valence-electron chi connectivity index (χ4n) is 4.90. The number of thiazole rings is 1. The molecule has 0 spiro atoms. The molecular formula is C27H33NO3S. The molecule has 32 heavy (non-hydrogen) atoms. The summed E-state index contributed by atoms with van der Waals surface area (Å²) in [7, 11) is 0. The van der Waals surface area contributed by atoms with Crippen molar-refractivity contribution in [2.24, 2.45) is 0 Å². The van der Waals surface area contributed by atoms with Gasteiger partial charge in [-0.2, -0.15) is 0 Å². The van der Waals surface area contributed by atoms with Crippen LogP contribution in [0.1, 0.15) is 87.4 Å². The molecule has 1 aromatic carbocycles. The van der Waals surface area contributed by atoms with Crippen LogP contribution in [-0.2, 0) is 27.0 Å². The van der Waals surface area contributed by atoms with Gasteiger partial charge in [-0.05, 0) is 52.9 Å². The number of carboxylic acid groups (broad SMARTS) is 1. The van der Waals surface area contributed by atoms with Crippen LogP contribution in [-0.4, -0.2) is 16.1 Å². The molecule has 0 amide bonds. The molecule has 5 heteroatoms. The van der Waals surface area contributed by atoms with Crippen molar-refractivity contribution < 1.29 is 14.6 Å². The van der Waals surface area contributed by atoms with Gasteiger partial charge in [0, 0.05) is 23.9 Å². The lowest BCUT2D eigenvalue weighted by Gasteiger charge is -2.42. The molecule has 0 saturated heterocycles. The van der Waals surface area contributed by atoms with Gasteiger partial charge in [-0.15, -0.1) is 11.3 Å². The summed E-state index contributed by atoms with van der Waals surface area (Å²) in [5.74, 6) is 0.00597. The maximum Gasteiger partial charge on any atom is 0.304 e. The van der Waals surface area contributed by atoms with Crippen LogP contribution in [0.15, 0.2) is 53.3 Å². The Morgan fingerprint density at radius 1 is 1.12 bits per heavy atom. The molecule has 2 aromatic rings. The van der Waals surface area contributed by atoms with Crippen LogP contribution >= 0.6 is 11.3 Å². The van der Waals surface area contributed by atoms with E-state index in [0.29, 0.717) is 6.61 Å². The molecule has 0 unspecified atom stereocenters. The summed E-state index contributed by atoms with van der Waals surface area (Å²) in [6.07, 6.45) is 9.86. The molecule has 0 aliphatic heterocycles. The van der Waals surface area contributed by atoms with Gasteiger partial charge in [-0.1, -0.05) is 57.5 Å². The third kappa shape index (κ3) is 4.83. The number of aromatic nitrogens is 1. The van der Waals surface area contributed by atoms with Gasteiger partial charge in [0.15, 0.2) is 0 Å². The van der Waals surface area contributed by atoms with Crippen LogP contribution in [0.5, 0.6) is 0 Å². The molecule has 170 valence electrons. The Morgan fingerprint density at radius 3 is 2.50 bits per heavy atom. The van der Waals surface area contributed by atoms with Gasteiger partial charge in [0.25, 0.3) is 0 Å². The van der Waals surface area contributed by atoms with Crippen LogP contribution in [0.25, 0.3) is 0 Å². The Morgan fingerprint density at radius 2 is 1.88 bits per heavy atom. The van der Waals surface area contributed by atoms with Gasteiger partial charge in [0.05, 0.1) is 12.2 Å². The minimum Gasteiger partial charge on any atom is -0.493 e. The van der Waals surface area contributed by atoms with E-state index in [-0.39, 0.29) is 23.2 Å². The number of allylic oxidation sites excluding steroid dienone is 4. The average molecular weight is 452 g/mol. The average Bonchev–Trinajstić information content (AvgIpc) is 3.29. The predicted octanol–water partition coefficient (Wildman–Crippen LogP) is 6.87. The van der Waals surface area contributed by atoms with E-state index >= 15 is 0 Å². The topological polar surface area (TPSA) is 59.4 Å². The Hall–Kier alpha value is -2.40. The van der Waals surface area contributed by atoms with E-state index < -0.39 is 5.97 Å². The number of ether oxygens (including phenoxy) is 1. The molecular weight excluding hydrogens is 418 g/mol. The number of carbonyl (C=O) groups is 1. The van der Waals surface area contributed by atoms with E-state index in [2.05, 4.69) is 50.9 Å². The normalized spacial score (nSPS) is 20.0. The fraction of sp³-hybridized carbons (Fsp3) is 0.481. The third-order valence-electron chi connectivity index (χ3n) is 7.06. The third-order valence-corrected chi connectivity index (χ3v) is 7.95. The highest BCUT2D eigenvalue weighted by atomic mass is 32.1.